The molecule has 0 aliphatic carbocycles. The maximum Gasteiger partial charge on any atom is 0.325 e. The summed E-state index contributed by atoms with van der Waals surface area (Å²) < 4.78 is 0. The van der Waals surface area contributed by atoms with E-state index in [0.717, 1.165) is 9.80 Å². The second-order valence-corrected chi connectivity index (χ2v) is 4.75. The van der Waals surface area contributed by atoms with Gasteiger partial charge < -0.3 is 15.3 Å². The fraction of sp³-hybridized carbons (Fsp3) is 0.667. The summed E-state index contributed by atoms with van der Waals surface area (Å²) in [6.45, 7) is 2.64. The van der Waals surface area contributed by atoms with Crippen molar-refractivity contribution in [2.45, 2.75) is 32.2 Å². The topological polar surface area (TPSA) is 107 Å². The van der Waals surface area contributed by atoms with E-state index in [1.165, 1.54) is 7.05 Å². The zero-order valence-corrected chi connectivity index (χ0v) is 11.8. The fourth-order valence-electron chi connectivity index (χ4n) is 2.10. The number of carboxylic acids is 1. The minimum atomic E-state index is -1.16. The molecule has 0 unspecified atom stereocenters. The first kappa shape index (κ1) is 15.9. The summed E-state index contributed by atoms with van der Waals surface area (Å²) >= 11 is 0. The zero-order chi connectivity index (χ0) is 15.5. The lowest BCUT2D eigenvalue weighted by atomic mass is 9.93. The molecule has 0 aromatic heterocycles. The molecule has 1 rings (SSSR count). The summed E-state index contributed by atoms with van der Waals surface area (Å²) in [6.07, 6.45) is 0.869. The number of carbonyl (C=O) groups is 4. The van der Waals surface area contributed by atoms with Crippen LogP contribution in [0.2, 0.25) is 0 Å². The van der Waals surface area contributed by atoms with E-state index in [2.05, 4.69) is 5.32 Å². The third kappa shape index (κ3) is 2.89. The number of rotatable bonds is 6. The molecule has 1 saturated heterocycles. The Morgan fingerprint density at radius 1 is 1.30 bits per heavy atom. The van der Waals surface area contributed by atoms with Crippen molar-refractivity contribution in [1.29, 1.82) is 0 Å². The standard InChI is InChI=1S/C12H19N3O5/c1-4-12(5-2)10(19)15(11(20)13-12)6-8(16)14(3)7-9(17)18/h4-7H2,1-3H3,(H,13,20)(H,17,18). The predicted molar refractivity (Wildman–Crippen MR) is 68.8 cm³/mol. The highest BCUT2D eigenvalue weighted by molar-refractivity contribution is 6.09. The van der Waals surface area contributed by atoms with Crippen LogP contribution in [0, 0.1) is 0 Å². The van der Waals surface area contributed by atoms with Crippen molar-refractivity contribution in [1.82, 2.24) is 15.1 Å². The minimum Gasteiger partial charge on any atom is -0.480 e. The summed E-state index contributed by atoms with van der Waals surface area (Å²) in [5, 5.41) is 11.2. The van der Waals surface area contributed by atoms with E-state index in [4.69, 9.17) is 5.11 Å². The molecule has 0 atom stereocenters. The number of nitrogens with one attached hydrogen (secondary N) is 1. The van der Waals surface area contributed by atoms with Gasteiger partial charge in [-0.3, -0.25) is 19.3 Å². The van der Waals surface area contributed by atoms with Crippen molar-refractivity contribution < 1.29 is 24.3 Å². The third-order valence-corrected chi connectivity index (χ3v) is 3.54. The molecule has 112 valence electrons. The summed E-state index contributed by atoms with van der Waals surface area (Å²) in [5.74, 6) is -2.20. The van der Waals surface area contributed by atoms with Gasteiger partial charge in [-0.2, -0.15) is 0 Å². The van der Waals surface area contributed by atoms with Crippen LogP contribution in [0.3, 0.4) is 0 Å². The normalized spacial score (nSPS) is 17.1. The molecule has 1 aliphatic rings. The molecule has 4 amide bonds. The third-order valence-electron chi connectivity index (χ3n) is 3.54. The van der Waals surface area contributed by atoms with Crippen molar-refractivity contribution in [2.24, 2.45) is 0 Å². The van der Waals surface area contributed by atoms with Crippen LogP contribution in [0.15, 0.2) is 0 Å². The number of amides is 4. The number of hydrogen-bond acceptors (Lipinski definition) is 4. The Labute approximate surface area is 116 Å². The highest BCUT2D eigenvalue weighted by Gasteiger charge is 2.49. The van der Waals surface area contributed by atoms with Crippen molar-refractivity contribution >= 4 is 23.8 Å². The SMILES string of the molecule is CCC1(CC)NC(=O)N(CC(=O)N(C)CC(=O)O)C1=O. The highest BCUT2D eigenvalue weighted by Crippen LogP contribution is 2.24. The summed E-state index contributed by atoms with van der Waals surface area (Å²) in [7, 11) is 1.31. The van der Waals surface area contributed by atoms with Crippen LogP contribution in [0.1, 0.15) is 26.7 Å². The van der Waals surface area contributed by atoms with E-state index in [1.807, 2.05) is 0 Å². The van der Waals surface area contributed by atoms with Crippen LogP contribution in [0.4, 0.5) is 4.79 Å². The first-order chi connectivity index (χ1) is 9.27. The maximum absolute atomic E-state index is 12.2. The van der Waals surface area contributed by atoms with E-state index in [0.29, 0.717) is 12.8 Å². The molecule has 2 N–H and O–H groups in total. The zero-order valence-electron chi connectivity index (χ0n) is 11.8. The van der Waals surface area contributed by atoms with Gasteiger partial charge in [0.1, 0.15) is 18.6 Å². The molecule has 20 heavy (non-hydrogen) atoms. The average molecular weight is 285 g/mol. The van der Waals surface area contributed by atoms with Crippen molar-refractivity contribution in [3.8, 4) is 0 Å². The Kier molecular flexibility index (Phi) is 4.69. The van der Waals surface area contributed by atoms with Crippen molar-refractivity contribution in [2.75, 3.05) is 20.1 Å². The average Bonchev–Trinajstić information content (AvgIpc) is 2.62. The first-order valence-electron chi connectivity index (χ1n) is 6.37. The molecule has 0 spiro atoms. The van der Waals surface area contributed by atoms with E-state index in [1.54, 1.807) is 13.8 Å². The van der Waals surface area contributed by atoms with E-state index in [-0.39, 0.29) is 0 Å². The van der Waals surface area contributed by atoms with Gasteiger partial charge in [-0.25, -0.2) is 4.79 Å². The Morgan fingerprint density at radius 2 is 1.85 bits per heavy atom. The fourth-order valence-corrected chi connectivity index (χ4v) is 2.10. The van der Waals surface area contributed by atoms with Gasteiger partial charge in [0.2, 0.25) is 5.91 Å². The molecule has 1 heterocycles. The van der Waals surface area contributed by atoms with E-state index in [9.17, 15) is 19.2 Å². The number of likely N-dealkylation sites (N-methyl/N-ethyl adjacent to an activating group) is 1. The van der Waals surface area contributed by atoms with Crippen molar-refractivity contribution in [3.05, 3.63) is 0 Å². The predicted octanol–water partition coefficient (Wildman–Crippen LogP) is -0.360. The van der Waals surface area contributed by atoms with E-state index < -0.39 is 42.4 Å². The summed E-state index contributed by atoms with van der Waals surface area (Å²) in [6, 6.07) is -0.615. The molecular formula is C12H19N3O5. The van der Waals surface area contributed by atoms with Crippen LogP contribution < -0.4 is 5.32 Å². The molecular weight excluding hydrogens is 266 g/mol. The lowest BCUT2D eigenvalue weighted by molar-refractivity contribution is -0.144. The monoisotopic (exact) mass is 285 g/mol. The summed E-state index contributed by atoms with van der Waals surface area (Å²) in [5.41, 5.74) is -0.956. The number of aliphatic carboxylic acids is 1. The van der Waals surface area contributed by atoms with Gasteiger partial charge in [-0.1, -0.05) is 13.8 Å². The smallest absolute Gasteiger partial charge is 0.325 e. The van der Waals surface area contributed by atoms with Crippen LogP contribution in [-0.2, 0) is 14.4 Å². The largest absolute Gasteiger partial charge is 0.480 e. The van der Waals surface area contributed by atoms with Gasteiger partial charge >= 0.3 is 12.0 Å². The van der Waals surface area contributed by atoms with Crippen LogP contribution in [-0.4, -0.2) is 64.4 Å². The Hall–Kier alpha value is -2.12. The molecule has 8 heteroatoms. The Morgan fingerprint density at radius 3 is 2.25 bits per heavy atom. The number of imide groups is 1. The molecule has 0 aromatic carbocycles. The molecule has 1 aliphatic heterocycles. The number of carbonyl (C=O) groups excluding carboxylic acids is 3. The lowest BCUT2D eigenvalue weighted by Gasteiger charge is -2.23. The van der Waals surface area contributed by atoms with Crippen LogP contribution >= 0.6 is 0 Å². The molecule has 0 aromatic rings. The molecule has 0 saturated carbocycles. The minimum absolute atomic E-state index is 0.434. The van der Waals surface area contributed by atoms with Gasteiger partial charge in [-0.05, 0) is 12.8 Å². The summed E-state index contributed by atoms with van der Waals surface area (Å²) in [4.78, 5) is 48.2. The van der Waals surface area contributed by atoms with Crippen molar-refractivity contribution in [3.63, 3.8) is 0 Å². The van der Waals surface area contributed by atoms with Crippen LogP contribution in [0.25, 0.3) is 0 Å². The number of hydrogen-bond donors (Lipinski definition) is 2. The molecule has 0 bridgehead atoms. The quantitative estimate of drug-likeness (QED) is 0.648. The van der Waals surface area contributed by atoms with E-state index >= 15 is 0 Å². The number of carboxylic acid groups (broad SMARTS) is 1. The molecule has 0 radical (unpaired) electrons. The van der Waals surface area contributed by atoms with Gasteiger partial charge in [-0.15, -0.1) is 0 Å². The van der Waals surface area contributed by atoms with Crippen LogP contribution in [0.5, 0.6) is 0 Å². The van der Waals surface area contributed by atoms with Gasteiger partial charge in [0.05, 0.1) is 0 Å². The highest BCUT2D eigenvalue weighted by atomic mass is 16.4. The van der Waals surface area contributed by atoms with Gasteiger partial charge in [0, 0.05) is 7.05 Å². The molecule has 8 nitrogen and oxygen atoms in total. The first-order valence-corrected chi connectivity index (χ1v) is 6.37. The number of nitrogens with zero attached hydrogens (tertiary/aromatic N) is 2. The second kappa shape index (κ2) is 5.89. The van der Waals surface area contributed by atoms with Gasteiger partial charge in [0.15, 0.2) is 0 Å². The number of urea groups is 1. The lowest BCUT2D eigenvalue weighted by Crippen LogP contribution is -2.47. The Bertz CT molecular complexity index is 444. The maximum atomic E-state index is 12.2. The second-order valence-electron chi connectivity index (χ2n) is 4.75. The van der Waals surface area contributed by atoms with Gasteiger partial charge in [0.25, 0.3) is 5.91 Å². The Balaban J connectivity index is 2.78. The molecule has 1 fully saturated rings.